The number of nitrogens with zero attached hydrogens (tertiary/aromatic N) is 1. The number of ether oxygens (including phenoxy) is 1. The first kappa shape index (κ1) is 25.2. The normalized spacial score (nSPS) is 18.6. The first-order valence-corrected chi connectivity index (χ1v) is 12.1. The van der Waals surface area contributed by atoms with Crippen molar-refractivity contribution in [3.8, 4) is 5.75 Å². The number of benzene rings is 1. The molecule has 2 aromatic rings. The predicted molar refractivity (Wildman–Crippen MR) is 136 cm³/mol. The highest BCUT2D eigenvalue weighted by Crippen LogP contribution is 2.44. The lowest BCUT2D eigenvalue weighted by atomic mass is 9.73. The van der Waals surface area contributed by atoms with Gasteiger partial charge in [0.05, 0.1) is 6.61 Å². The van der Waals surface area contributed by atoms with E-state index < -0.39 is 5.97 Å². The quantitative estimate of drug-likeness (QED) is 0.379. The molecule has 4 nitrogen and oxygen atoms in total. The Morgan fingerprint density at radius 2 is 1.91 bits per heavy atom. The number of aryl methyl sites for hydroxylation is 2. The minimum atomic E-state index is -0.901. The van der Waals surface area contributed by atoms with Gasteiger partial charge in [0, 0.05) is 16.9 Å². The molecule has 33 heavy (non-hydrogen) atoms. The summed E-state index contributed by atoms with van der Waals surface area (Å²) in [5, 5.41) is 10.4. The molecule has 1 atom stereocenters. The highest BCUT2D eigenvalue weighted by molar-refractivity contribution is 6.32. The molecule has 1 aromatic carbocycles. The lowest BCUT2D eigenvalue weighted by molar-refractivity contribution is 0.0688. The molecule has 0 radical (unpaired) electrons. The topological polar surface area (TPSA) is 51.5 Å². The lowest BCUT2D eigenvalue weighted by Crippen LogP contribution is -2.23. The summed E-state index contributed by atoms with van der Waals surface area (Å²) in [5.41, 5.74) is 5.91. The van der Waals surface area contributed by atoms with Crippen LogP contribution in [0.3, 0.4) is 0 Å². The van der Waals surface area contributed by atoms with E-state index in [1.807, 2.05) is 42.8 Å². The summed E-state index contributed by atoms with van der Waals surface area (Å²) >= 11 is 6.27. The smallest absolute Gasteiger partial charge is 0.352 e. The summed E-state index contributed by atoms with van der Waals surface area (Å²) < 4.78 is 7.89. The molecule has 0 aliphatic heterocycles. The third-order valence-corrected chi connectivity index (χ3v) is 6.90. The van der Waals surface area contributed by atoms with Crippen LogP contribution in [0, 0.1) is 25.2 Å². The largest absolute Gasteiger partial charge is 0.494 e. The maximum Gasteiger partial charge on any atom is 0.352 e. The number of aromatic carboxylic acids is 1. The number of carbonyl (C=O) groups is 1. The Kier molecular flexibility index (Phi) is 7.79. The zero-order valence-electron chi connectivity index (χ0n) is 20.7. The van der Waals surface area contributed by atoms with E-state index in [1.54, 1.807) is 6.07 Å². The maximum atomic E-state index is 11.8. The number of hydrogen-bond acceptors (Lipinski definition) is 2. The molecular weight excluding hydrogens is 434 g/mol. The van der Waals surface area contributed by atoms with Crippen molar-refractivity contribution in [1.82, 2.24) is 4.57 Å². The van der Waals surface area contributed by atoms with E-state index in [-0.39, 0.29) is 5.41 Å². The molecule has 1 aliphatic rings. The Bertz CT molecular complexity index is 1070. The zero-order valence-corrected chi connectivity index (χ0v) is 21.4. The fraction of sp³-hybridized carbons (Fsp3) is 0.464. The number of carboxylic acid groups (broad SMARTS) is 1. The average molecular weight is 470 g/mol. The monoisotopic (exact) mass is 469 g/mol. The molecule has 0 saturated carbocycles. The van der Waals surface area contributed by atoms with Gasteiger partial charge in [-0.15, -0.1) is 0 Å². The minimum absolute atomic E-state index is 0.0174. The molecule has 0 saturated heterocycles. The summed E-state index contributed by atoms with van der Waals surface area (Å²) in [5.74, 6) is 0.443. The second-order valence-corrected chi connectivity index (χ2v) is 10.5. The summed E-state index contributed by atoms with van der Waals surface area (Å²) in [6.45, 7) is 13.5. The van der Waals surface area contributed by atoms with Gasteiger partial charge in [-0.25, -0.2) is 4.79 Å². The van der Waals surface area contributed by atoms with Crippen LogP contribution in [-0.2, 0) is 0 Å². The summed E-state index contributed by atoms with van der Waals surface area (Å²) in [4.78, 5) is 11.8. The van der Waals surface area contributed by atoms with E-state index in [4.69, 9.17) is 16.3 Å². The van der Waals surface area contributed by atoms with Gasteiger partial charge >= 0.3 is 5.97 Å². The predicted octanol–water partition coefficient (Wildman–Crippen LogP) is 7.93. The van der Waals surface area contributed by atoms with Crippen LogP contribution in [0.4, 0.5) is 0 Å². The molecule has 3 rings (SSSR count). The van der Waals surface area contributed by atoms with Gasteiger partial charge in [-0.2, -0.15) is 0 Å². The van der Waals surface area contributed by atoms with Crippen LogP contribution < -0.4 is 4.74 Å². The third-order valence-electron chi connectivity index (χ3n) is 6.31. The molecule has 1 unspecified atom stereocenters. The molecular formula is C28H36ClNO3. The summed E-state index contributed by atoms with van der Waals surface area (Å²) in [7, 11) is 0. The van der Waals surface area contributed by atoms with Crippen molar-refractivity contribution in [2.24, 2.45) is 11.3 Å². The van der Waals surface area contributed by atoms with Crippen molar-refractivity contribution in [3.05, 3.63) is 69.5 Å². The number of allylic oxidation sites excluding steroid dienone is 4. The van der Waals surface area contributed by atoms with Crippen molar-refractivity contribution in [2.45, 2.75) is 67.2 Å². The molecule has 178 valence electrons. The second kappa shape index (κ2) is 10.2. The van der Waals surface area contributed by atoms with Crippen LogP contribution in [0.25, 0.3) is 5.70 Å². The summed E-state index contributed by atoms with van der Waals surface area (Å²) in [6, 6.07) is 7.46. The van der Waals surface area contributed by atoms with E-state index in [1.165, 1.54) is 11.1 Å². The van der Waals surface area contributed by atoms with Crippen molar-refractivity contribution in [3.63, 3.8) is 0 Å². The van der Waals surface area contributed by atoms with Gasteiger partial charge in [0.15, 0.2) is 0 Å². The van der Waals surface area contributed by atoms with E-state index in [0.29, 0.717) is 18.2 Å². The Balaban J connectivity index is 1.75. The Morgan fingerprint density at radius 1 is 1.24 bits per heavy atom. The molecule has 0 amide bonds. The zero-order chi connectivity index (χ0) is 24.3. The molecule has 0 spiro atoms. The highest BCUT2D eigenvalue weighted by atomic mass is 35.5. The van der Waals surface area contributed by atoms with Gasteiger partial charge in [0.25, 0.3) is 0 Å². The van der Waals surface area contributed by atoms with E-state index in [0.717, 1.165) is 53.3 Å². The number of halogens is 1. The molecule has 1 heterocycles. The molecule has 0 fully saturated rings. The van der Waals surface area contributed by atoms with Gasteiger partial charge in [-0.3, -0.25) is 0 Å². The maximum absolute atomic E-state index is 11.8. The van der Waals surface area contributed by atoms with Crippen LogP contribution in [0.2, 0.25) is 5.02 Å². The number of carboxylic acids is 1. The molecule has 0 bridgehead atoms. The van der Waals surface area contributed by atoms with E-state index in [2.05, 4.69) is 33.8 Å². The summed E-state index contributed by atoms with van der Waals surface area (Å²) in [6.07, 6.45) is 8.01. The van der Waals surface area contributed by atoms with Crippen molar-refractivity contribution < 1.29 is 14.6 Å². The van der Waals surface area contributed by atoms with Gasteiger partial charge in [-0.1, -0.05) is 38.4 Å². The number of rotatable bonds is 9. The Morgan fingerprint density at radius 3 is 2.52 bits per heavy atom. The number of aromatic nitrogens is 1. The van der Waals surface area contributed by atoms with Crippen LogP contribution in [0.5, 0.6) is 5.75 Å². The highest BCUT2D eigenvalue weighted by Gasteiger charge is 2.31. The number of hydrogen-bond donors (Lipinski definition) is 1. The first-order chi connectivity index (χ1) is 15.5. The molecule has 1 aliphatic carbocycles. The Labute approximate surface area is 202 Å². The van der Waals surface area contributed by atoms with Crippen LogP contribution >= 0.6 is 11.6 Å². The molecule has 1 aromatic heterocycles. The first-order valence-electron chi connectivity index (χ1n) is 11.7. The minimum Gasteiger partial charge on any atom is -0.494 e. The average Bonchev–Trinajstić information content (AvgIpc) is 3.18. The lowest BCUT2D eigenvalue weighted by Gasteiger charge is -2.35. The molecule has 5 heteroatoms. The van der Waals surface area contributed by atoms with Gasteiger partial charge < -0.3 is 14.4 Å². The van der Waals surface area contributed by atoms with Gasteiger partial charge in [-0.05, 0) is 104 Å². The Hall–Kier alpha value is -2.46. The fourth-order valence-corrected chi connectivity index (χ4v) is 5.13. The fourth-order valence-electron chi connectivity index (χ4n) is 5.03. The molecule has 1 N–H and O–H groups in total. The van der Waals surface area contributed by atoms with Gasteiger partial charge in [0.1, 0.15) is 11.4 Å². The third kappa shape index (κ3) is 5.92. The standard InChI is InChI=1S/C28H36ClNO3/c1-18(2)13-22-17-28(6,10-8-12-33-23-14-19(3)25(29)20(4)15-23)16-21(5)26(22)30-11-7-9-24(30)27(31)32/h7,9,11,14-15,17-18H,8,10,12-13,16H2,1-6H3,(H,31,32). The van der Waals surface area contributed by atoms with E-state index in [9.17, 15) is 9.90 Å². The second-order valence-electron chi connectivity index (χ2n) is 10.1. The van der Waals surface area contributed by atoms with E-state index >= 15 is 0 Å². The SMILES string of the molecule is CC1=C(n2cccc2C(=O)O)C(CC(C)C)=CC(C)(CCCOc2cc(C)c(Cl)c(C)c2)C1. The van der Waals surface area contributed by atoms with Crippen LogP contribution in [0.1, 0.15) is 75.0 Å². The van der Waals surface area contributed by atoms with Crippen molar-refractivity contribution in [1.29, 1.82) is 0 Å². The van der Waals surface area contributed by atoms with Crippen LogP contribution in [0.15, 0.2) is 47.7 Å². The van der Waals surface area contributed by atoms with Crippen LogP contribution in [-0.4, -0.2) is 22.2 Å². The van der Waals surface area contributed by atoms with Gasteiger partial charge in [0.2, 0.25) is 0 Å². The van der Waals surface area contributed by atoms with Crippen molar-refractivity contribution in [2.75, 3.05) is 6.61 Å². The van der Waals surface area contributed by atoms with Crippen molar-refractivity contribution >= 4 is 23.3 Å².